The Morgan fingerprint density at radius 3 is 2.74 bits per heavy atom. The number of carbonyl (C=O) groups is 1. The largest absolute Gasteiger partial charge is 0.457 e. The highest BCUT2D eigenvalue weighted by molar-refractivity contribution is 5.90. The fourth-order valence-electron chi connectivity index (χ4n) is 2.43. The topological polar surface area (TPSA) is 61.9 Å². The average molecular weight is 310 g/mol. The first kappa shape index (κ1) is 15.0. The first-order chi connectivity index (χ1) is 11.0. The highest BCUT2D eigenvalue weighted by atomic mass is 16.5. The van der Waals surface area contributed by atoms with Crippen LogP contribution in [0.1, 0.15) is 27.2 Å². The summed E-state index contributed by atoms with van der Waals surface area (Å²) in [4.78, 5) is 12.1. The molecule has 23 heavy (non-hydrogen) atoms. The van der Waals surface area contributed by atoms with Gasteiger partial charge in [-0.05, 0) is 43.2 Å². The van der Waals surface area contributed by atoms with Gasteiger partial charge in [0, 0.05) is 25.6 Å². The second-order valence-corrected chi connectivity index (χ2v) is 5.44. The summed E-state index contributed by atoms with van der Waals surface area (Å²) in [5.41, 5.74) is 4.16. The maximum atomic E-state index is 12.1. The number of hydrogen-bond acceptors (Lipinski definition) is 4. The van der Waals surface area contributed by atoms with Crippen molar-refractivity contribution >= 4 is 5.97 Å². The van der Waals surface area contributed by atoms with Gasteiger partial charge in [0.2, 0.25) is 0 Å². The molecule has 3 rings (SSSR count). The molecule has 0 saturated carbocycles. The molecule has 0 N–H and O–H groups in total. The Hall–Kier alpha value is -2.89. The molecule has 0 fully saturated rings. The van der Waals surface area contributed by atoms with Crippen LogP contribution in [0.4, 0.5) is 0 Å². The predicted molar refractivity (Wildman–Crippen MR) is 85.4 cm³/mol. The van der Waals surface area contributed by atoms with Gasteiger partial charge in [-0.1, -0.05) is 6.07 Å². The molecule has 0 unspecified atom stereocenters. The van der Waals surface area contributed by atoms with Gasteiger partial charge in [0.25, 0.3) is 0 Å². The molecule has 2 heterocycles. The van der Waals surface area contributed by atoms with Crippen LogP contribution < -0.4 is 0 Å². The zero-order valence-corrected chi connectivity index (χ0v) is 13.4. The quantitative estimate of drug-likeness (QED) is 0.695. The number of benzene rings is 1. The Kier molecular flexibility index (Phi) is 3.97. The monoisotopic (exact) mass is 310 g/mol. The van der Waals surface area contributed by atoms with Gasteiger partial charge in [-0.2, -0.15) is 10.2 Å². The van der Waals surface area contributed by atoms with E-state index in [1.165, 1.54) is 0 Å². The number of esters is 1. The number of rotatable bonds is 4. The van der Waals surface area contributed by atoms with Crippen molar-refractivity contribution < 1.29 is 9.53 Å². The highest BCUT2D eigenvalue weighted by Crippen LogP contribution is 2.16. The van der Waals surface area contributed by atoms with Gasteiger partial charge in [-0.15, -0.1) is 0 Å². The number of ether oxygens (including phenoxy) is 1. The molecule has 6 nitrogen and oxygen atoms in total. The van der Waals surface area contributed by atoms with E-state index in [1.807, 2.05) is 37.4 Å². The van der Waals surface area contributed by atoms with Gasteiger partial charge >= 0.3 is 5.97 Å². The molecule has 0 saturated heterocycles. The number of aromatic nitrogens is 4. The highest BCUT2D eigenvalue weighted by Gasteiger charge is 2.14. The van der Waals surface area contributed by atoms with Gasteiger partial charge in [0.05, 0.1) is 11.4 Å². The summed E-state index contributed by atoms with van der Waals surface area (Å²) in [6.07, 6.45) is 5.30. The average Bonchev–Trinajstić information content (AvgIpc) is 3.15. The molecule has 0 spiro atoms. The number of hydrogen-bond donors (Lipinski definition) is 0. The van der Waals surface area contributed by atoms with E-state index < -0.39 is 0 Å². The fourth-order valence-corrected chi connectivity index (χ4v) is 2.43. The smallest absolute Gasteiger partial charge is 0.341 e. The molecule has 0 aliphatic heterocycles. The van der Waals surface area contributed by atoms with Crippen LogP contribution in [0, 0.1) is 13.8 Å². The van der Waals surface area contributed by atoms with Crippen molar-refractivity contribution in [2.24, 2.45) is 7.05 Å². The van der Waals surface area contributed by atoms with E-state index in [2.05, 4.69) is 10.2 Å². The summed E-state index contributed by atoms with van der Waals surface area (Å²) in [7, 11) is 1.78. The van der Waals surface area contributed by atoms with Crippen molar-refractivity contribution in [1.82, 2.24) is 19.6 Å². The molecule has 118 valence electrons. The van der Waals surface area contributed by atoms with Crippen molar-refractivity contribution in [3.05, 3.63) is 65.2 Å². The summed E-state index contributed by atoms with van der Waals surface area (Å²) in [5.74, 6) is -0.355. The van der Waals surface area contributed by atoms with Crippen LogP contribution in [0.15, 0.2) is 42.9 Å². The molecule has 0 aliphatic rings. The third-order valence-electron chi connectivity index (χ3n) is 3.69. The molecule has 0 amide bonds. The first-order valence-electron chi connectivity index (χ1n) is 7.31. The van der Waals surface area contributed by atoms with Crippen LogP contribution in [0.25, 0.3) is 5.69 Å². The van der Waals surface area contributed by atoms with Crippen molar-refractivity contribution in [3.63, 3.8) is 0 Å². The summed E-state index contributed by atoms with van der Waals surface area (Å²) >= 11 is 0. The number of carbonyl (C=O) groups excluding carboxylic acids is 1. The van der Waals surface area contributed by atoms with E-state index >= 15 is 0 Å². The molecule has 0 radical (unpaired) electrons. The lowest BCUT2D eigenvalue weighted by atomic mass is 10.1. The van der Waals surface area contributed by atoms with Gasteiger partial charge in [0.15, 0.2) is 0 Å². The number of aryl methyl sites for hydroxylation is 3. The van der Waals surface area contributed by atoms with Crippen LogP contribution in [-0.4, -0.2) is 25.5 Å². The zero-order valence-electron chi connectivity index (χ0n) is 13.4. The van der Waals surface area contributed by atoms with Crippen molar-refractivity contribution in [3.8, 4) is 5.69 Å². The van der Waals surface area contributed by atoms with Gasteiger partial charge < -0.3 is 4.74 Å². The minimum absolute atomic E-state index is 0.235. The molecular weight excluding hydrogens is 292 g/mol. The fraction of sp³-hybridized carbons (Fsp3) is 0.235. The molecule has 1 aromatic carbocycles. The van der Waals surface area contributed by atoms with Crippen molar-refractivity contribution in [1.29, 1.82) is 0 Å². The Morgan fingerprint density at radius 2 is 2.13 bits per heavy atom. The Morgan fingerprint density at radius 1 is 1.30 bits per heavy atom. The lowest BCUT2D eigenvalue weighted by Crippen LogP contribution is -2.07. The Labute approximate surface area is 134 Å². The van der Waals surface area contributed by atoms with Crippen LogP contribution >= 0.6 is 0 Å². The summed E-state index contributed by atoms with van der Waals surface area (Å²) in [5, 5.41) is 8.36. The lowest BCUT2D eigenvalue weighted by Gasteiger charge is -2.09. The minimum atomic E-state index is -0.355. The summed E-state index contributed by atoms with van der Waals surface area (Å²) in [6.45, 7) is 4.02. The molecule has 0 atom stereocenters. The van der Waals surface area contributed by atoms with E-state index in [0.717, 1.165) is 16.8 Å². The molecule has 0 aliphatic carbocycles. The maximum absolute atomic E-state index is 12.1. The second kappa shape index (κ2) is 6.08. The van der Waals surface area contributed by atoms with Crippen LogP contribution in [0.3, 0.4) is 0 Å². The van der Waals surface area contributed by atoms with E-state index in [9.17, 15) is 4.79 Å². The molecule has 0 bridgehead atoms. The normalized spacial score (nSPS) is 10.7. The Bertz CT molecular complexity index is 834. The van der Waals surface area contributed by atoms with Crippen LogP contribution in [0.2, 0.25) is 0 Å². The first-order valence-corrected chi connectivity index (χ1v) is 7.31. The molecule has 3 aromatic rings. The van der Waals surface area contributed by atoms with E-state index in [-0.39, 0.29) is 12.6 Å². The third-order valence-corrected chi connectivity index (χ3v) is 3.69. The minimum Gasteiger partial charge on any atom is -0.457 e. The lowest BCUT2D eigenvalue weighted by molar-refractivity contribution is 0.0471. The van der Waals surface area contributed by atoms with Crippen LogP contribution in [0.5, 0.6) is 0 Å². The second-order valence-electron chi connectivity index (χ2n) is 5.44. The third kappa shape index (κ3) is 3.15. The summed E-state index contributed by atoms with van der Waals surface area (Å²) in [6, 6.07) is 7.81. The van der Waals surface area contributed by atoms with E-state index in [0.29, 0.717) is 11.3 Å². The zero-order chi connectivity index (χ0) is 16.4. The molecule has 6 heteroatoms. The van der Waals surface area contributed by atoms with Gasteiger partial charge in [0.1, 0.15) is 12.2 Å². The van der Waals surface area contributed by atoms with Gasteiger partial charge in [-0.3, -0.25) is 4.68 Å². The predicted octanol–water partition coefficient (Wildman–Crippen LogP) is 2.58. The molecular formula is C17H18N4O2. The van der Waals surface area contributed by atoms with Crippen molar-refractivity contribution in [2.75, 3.05) is 0 Å². The number of nitrogens with zero attached hydrogens (tertiary/aromatic N) is 4. The van der Waals surface area contributed by atoms with Crippen LogP contribution in [-0.2, 0) is 18.4 Å². The van der Waals surface area contributed by atoms with Crippen molar-refractivity contribution in [2.45, 2.75) is 20.5 Å². The molecule has 2 aromatic heterocycles. The standard InChI is InChI=1S/C17H18N4O2/c1-12-9-15(21-8-4-7-18-21)6-5-14(12)11-23-17(22)16-10-20(3)19-13(16)2/h4-10H,11H2,1-3H3. The van der Waals surface area contributed by atoms with E-state index in [1.54, 1.807) is 35.7 Å². The Balaban J connectivity index is 1.71. The summed E-state index contributed by atoms with van der Waals surface area (Å²) < 4.78 is 8.81. The SMILES string of the molecule is Cc1cc(-n2cccn2)ccc1COC(=O)c1cn(C)nc1C. The van der Waals surface area contributed by atoms with E-state index in [4.69, 9.17) is 4.74 Å². The van der Waals surface area contributed by atoms with Gasteiger partial charge in [-0.25, -0.2) is 9.48 Å². The maximum Gasteiger partial charge on any atom is 0.341 e.